The Morgan fingerprint density at radius 1 is 1.29 bits per heavy atom. The summed E-state index contributed by atoms with van der Waals surface area (Å²) in [5.74, 6) is 3.02. The van der Waals surface area contributed by atoms with Crippen molar-refractivity contribution in [1.29, 1.82) is 0 Å². The molecular weight excluding hydrogens is 266 g/mol. The molecule has 0 aliphatic heterocycles. The summed E-state index contributed by atoms with van der Waals surface area (Å²) >= 11 is 0. The van der Waals surface area contributed by atoms with Crippen molar-refractivity contribution in [3.05, 3.63) is 11.8 Å². The van der Waals surface area contributed by atoms with E-state index < -0.39 is 0 Å². The van der Waals surface area contributed by atoms with E-state index in [1.54, 1.807) is 6.20 Å². The van der Waals surface area contributed by atoms with Gasteiger partial charge in [-0.2, -0.15) is 5.10 Å². The van der Waals surface area contributed by atoms with E-state index in [-0.39, 0.29) is 11.6 Å². The Balaban J connectivity index is 1.37. The van der Waals surface area contributed by atoms with Crippen LogP contribution in [0.5, 0.6) is 0 Å². The van der Waals surface area contributed by atoms with Crippen LogP contribution in [-0.2, 0) is 6.54 Å². The zero-order chi connectivity index (χ0) is 14.4. The molecule has 0 saturated heterocycles. The van der Waals surface area contributed by atoms with Crippen molar-refractivity contribution in [2.24, 2.45) is 17.8 Å². The number of aromatic amines is 1. The fourth-order valence-corrected chi connectivity index (χ4v) is 5.19. The third-order valence-corrected chi connectivity index (χ3v) is 5.61. The number of nitrogens with zero attached hydrogens (tertiary/aromatic N) is 1. The van der Waals surface area contributed by atoms with Gasteiger partial charge in [0, 0.05) is 17.6 Å². The number of nitrogens with one attached hydrogen (secondary N) is 3. The molecule has 5 N–H and O–H groups in total. The van der Waals surface area contributed by atoms with Crippen molar-refractivity contribution >= 4 is 11.8 Å². The second-order valence-corrected chi connectivity index (χ2v) is 7.31. The van der Waals surface area contributed by atoms with E-state index in [0.29, 0.717) is 12.4 Å². The summed E-state index contributed by atoms with van der Waals surface area (Å²) in [4.78, 5) is 12.2. The second kappa shape index (κ2) is 4.64. The molecule has 21 heavy (non-hydrogen) atoms. The molecule has 1 aromatic heterocycles. The van der Waals surface area contributed by atoms with E-state index >= 15 is 0 Å². The van der Waals surface area contributed by atoms with E-state index in [1.807, 2.05) is 0 Å². The first-order chi connectivity index (χ1) is 10.1. The van der Waals surface area contributed by atoms with Crippen molar-refractivity contribution in [1.82, 2.24) is 20.8 Å². The van der Waals surface area contributed by atoms with Crippen LogP contribution < -0.4 is 16.4 Å². The lowest BCUT2D eigenvalue weighted by atomic mass is 9.53. The molecule has 4 aliphatic rings. The zero-order valence-corrected chi connectivity index (χ0v) is 12.2. The van der Waals surface area contributed by atoms with Crippen LogP contribution in [0.3, 0.4) is 0 Å². The molecule has 1 aromatic rings. The first-order valence-corrected chi connectivity index (χ1v) is 7.96. The van der Waals surface area contributed by atoms with E-state index in [2.05, 4.69) is 20.8 Å². The van der Waals surface area contributed by atoms with Crippen molar-refractivity contribution in [3.8, 4) is 0 Å². The maximum Gasteiger partial charge on any atom is 0.315 e. The van der Waals surface area contributed by atoms with Crippen molar-refractivity contribution in [2.75, 3.05) is 5.73 Å². The third kappa shape index (κ3) is 2.36. The molecule has 114 valence electrons. The van der Waals surface area contributed by atoms with Gasteiger partial charge in [0.1, 0.15) is 5.82 Å². The average molecular weight is 289 g/mol. The summed E-state index contributed by atoms with van der Waals surface area (Å²) in [6.45, 7) is 0.417. The summed E-state index contributed by atoms with van der Waals surface area (Å²) in [6, 6.07) is -0.0717. The highest BCUT2D eigenvalue weighted by Crippen LogP contribution is 2.55. The van der Waals surface area contributed by atoms with Gasteiger partial charge in [-0.1, -0.05) is 0 Å². The lowest BCUT2D eigenvalue weighted by molar-refractivity contribution is -0.0135. The van der Waals surface area contributed by atoms with Gasteiger partial charge in [0.25, 0.3) is 0 Å². The van der Waals surface area contributed by atoms with Gasteiger partial charge < -0.3 is 16.4 Å². The van der Waals surface area contributed by atoms with Crippen LogP contribution in [0.4, 0.5) is 10.6 Å². The standard InChI is InChI=1S/C15H23N5O/c16-13-12(8-18-20-13)7-17-14(21)19-15-4-9-1-10(5-15)3-11(2-9)6-15/h8-11H,1-7H2,(H3,16,18,20)(H2,17,19,21). The van der Waals surface area contributed by atoms with Gasteiger partial charge in [-0.3, -0.25) is 5.10 Å². The molecule has 4 fully saturated rings. The highest BCUT2D eigenvalue weighted by Gasteiger charge is 2.51. The van der Waals surface area contributed by atoms with Gasteiger partial charge >= 0.3 is 6.03 Å². The lowest BCUT2D eigenvalue weighted by Crippen LogP contribution is -2.61. The van der Waals surface area contributed by atoms with E-state index in [0.717, 1.165) is 23.3 Å². The molecule has 4 aliphatic carbocycles. The predicted octanol–water partition coefficient (Wildman–Crippen LogP) is 1.76. The first-order valence-electron chi connectivity index (χ1n) is 7.96. The number of amides is 2. The number of aromatic nitrogens is 2. The summed E-state index contributed by atoms with van der Waals surface area (Å²) in [6.07, 6.45) is 9.30. The molecule has 5 rings (SSSR count). The summed E-state index contributed by atoms with van der Waals surface area (Å²) in [5, 5.41) is 12.7. The Kier molecular flexibility index (Phi) is 2.87. The molecule has 6 heteroatoms. The van der Waals surface area contributed by atoms with Crippen LogP contribution in [0.15, 0.2) is 6.20 Å². The molecule has 0 unspecified atom stereocenters. The Morgan fingerprint density at radius 2 is 1.90 bits per heavy atom. The maximum absolute atomic E-state index is 12.2. The normalized spacial score (nSPS) is 36.7. The van der Waals surface area contributed by atoms with Gasteiger partial charge in [0.15, 0.2) is 0 Å². The highest BCUT2D eigenvalue weighted by atomic mass is 16.2. The Morgan fingerprint density at radius 3 is 2.43 bits per heavy atom. The number of rotatable bonds is 3. The van der Waals surface area contributed by atoms with Crippen LogP contribution in [0.2, 0.25) is 0 Å². The number of hydrogen-bond acceptors (Lipinski definition) is 3. The van der Waals surface area contributed by atoms with Crippen LogP contribution >= 0.6 is 0 Å². The van der Waals surface area contributed by atoms with E-state index in [1.165, 1.54) is 38.5 Å². The number of carbonyl (C=O) groups is 1. The number of nitrogen functional groups attached to an aromatic ring is 1. The monoisotopic (exact) mass is 289 g/mol. The SMILES string of the molecule is Nc1[nH]ncc1CNC(=O)NC12CC3CC(CC(C3)C1)C2. The molecular formula is C15H23N5O. The number of H-pyrrole nitrogens is 1. The number of carbonyl (C=O) groups excluding carboxylic acids is 1. The van der Waals surface area contributed by atoms with Crippen LogP contribution in [0.25, 0.3) is 0 Å². The highest BCUT2D eigenvalue weighted by molar-refractivity contribution is 5.75. The van der Waals surface area contributed by atoms with Gasteiger partial charge in [-0.25, -0.2) is 4.79 Å². The molecule has 4 bridgehead atoms. The van der Waals surface area contributed by atoms with Crippen LogP contribution in [0.1, 0.15) is 44.1 Å². The smallest absolute Gasteiger partial charge is 0.315 e. The number of hydrogen-bond donors (Lipinski definition) is 4. The summed E-state index contributed by atoms with van der Waals surface area (Å²) in [7, 11) is 0. The average Bonchev–Trinajstić information content (AvgIpc) is 2.79. The Hall–Kier alpha value is -1.72. The van der Waals surface area contributed by atoms with Gasteiger partial charge in [-0.05, 0) is 56.3 Å². The van der Waals surface area contributed by atoms with Crippen LogP contribution in [-0.4, -0.2) is 21.8 Å². The molecule has 4 saturated carbocycles. The van der Waals surface area contributed by atoms with Gasteiger partial charge in [-0.15, -0.1) is 0 Å². The molecule has 0 spiro atoms. The van der Waals surface area contributed by atoms with Crippen LogP contribution in [0, 0.1) is 17.8 Å². The molecule has 0 atom stereocenters. The van der Waals surface area contributed by atoms with E-state index in [9.17, 15) is 4.79 Å². The quantitative estimate of drug-likeness (QED) is 0.682. The minimum Gasteiger partial charge on any atom is -0.384 e. The lowest BCUT2D eigenvalue weighted by Gasteiger charge is -2.56. The molecule has 0 aromatic carbocycles. The third-order valence-electron chi connectivity index (χ3n) is 5.61. The van der Waals surface area contributed by atoms with Gasteiger partial charge in [0.2, 0.25) is 0 Å². The second-order valence-electron chi connectivity index (χ2n) is 7.31. The molecule has 6 nitrogen and oxygen atoms in total. The fourth-order valence-electron chi connectivity index (χ4n) is 5.19. The first kappa shape index (κ1) is 13.0. The molecule has 2 amide bonds. The summed E-state index contributed by atoms with van der Waals surface area (Å²) < 4.78 is 0. The Labute approximate surface area is 124 Å². The van der Waals surface area contributed by atoms with Crippen molar-refractivity contribution in [2.45, 2.75) is 50.6 Å². The number of anilines is 1. The predicted molar refractivity (Wildman–Crippen MR) is 79.3 cm³/mol. The van der Waals surface area contributed by atoms with E-state index in [4.69, 9.17) is 5.73 Å². The van der Waals surface area contributed by atoms with Crippen molar-refractivity contribution < 1.29 is 4.79 Å². The number of urea groups is 1. The minimum absolute atomic E-state index is 0.0563. The Bertz CT molecular complexity index is 517. The maximum atomic E-state index is 12.2. The number of nitrogens with two attached hydrogens (primary N) is 1. The van der Waals surface area contributed by atoms with Crippen molar-refractivity contribution in [3.63, 3.8) is 0 Å². The van der Waals surface area contributed by atoms with Gasteiger partial charge in [0.05, 0.1) is 6.20 Å². The molecule has 1 heterocycles. The fraction of sp³-hybridized carbons (Fsp3) is 0.733. The largest absolute Gasteiger partial charge is 0.384 e. The zero-order valence-electron chi connectivity index (χ0n) is 12.2. The topological polar surface area (TPSA) is 95.8 Å². The summed E-state index contributed by atoms with van der Waals surface area (Å²) in [5.41, 5.74) is 6.61. The molecule has 0 radical (unpaired) electrons. The minimum atomic E-state index is -0.0717.